The van der Waals surface area contributed by atoms with Crippen LogP contribution in [-0.4, -0.2) is 58.6 Å². The van der Waals surface area contributed by atoms with Gasteiger partial charge in [-0.2, -0.15) is 0 Å². The number of carbonyl (C=O) groups excluding carboxylic acids is 1. The van der Waals surface area contributed by atoms with Gasteiger partial charge in [0, 0.05) is 37.4 Å². The van der Waals surface area contributed by atoms with Gasteiger partial charge in [-0.15, -0.1) is 10.2 Å². The zero-order valence-electron chi connectivity index (χ0n) is 16.2. The summed E-state index contributed by atoms with van der Waals surface area (Å²) in [5, 5.41) is 10.8. The second-order valence-corrected chi connectivity index (χ2v) is 7.12. The molecule has 2 aromatic carbocycles. The average molecular weight is 413 g/mol. The highest BCUT2D eigenvalue weighted by Crippen LogP contribution is 2.19. The third-order valence-electron chi connectivity index (χ3n) is 4.86. The number of hydrogen-bond donors (Lipinski definition) is 1. The molecule has 0 radical (unpaired) electrons. The molecule has 0 aliphatic carbocycles. The lowest BCUT2D eigenvalue weighted by atomic mass is 10.2. The number of rotatable bonds is 6. The van der Waals surface area contributed by atoms with Crippen LogP contribution < -0.4 is 5.32 Å². The maximum atomic E-state index is 13.2. The predicted octanol–water partition coefficient (Wildman–Crippen LogP) is 2.77. The van der Waals surface area contributed by atoms with E-state index >= 15 is 0 Å². The van der Waals surface area contributed by atoms with Gasteiger partial charge >= 0.3 is 0 Å². The minimum Gasteiger partial charge on any atom is -0.419 e. The molecule has 0 saturated carbocycles. The molecule has 9 heteroatoms. The summed E-state index contributed by atoms with van der Waals surface area (Å²) in [6, 6.07) is 11.7. The van der Waals surface area contributed by atoms with Gasteiger partial charge < -0.3 is 9.73 Å². The highest BCUT2D eigenvalue weighted by Gasteiger charge is 2.21. The number of nitrogens with zero attached hydrogens (tertiary/aromatic N) is 4. The van der Waals surface area contributed by atoms with E-state index in [2.05, 4.69) is 20.4 Å². The van der Waals surface area contributed by atoms with E-state index in [1.165, 1.54) is 24.3 Å². The number of amides is 1. The highest BCUT2D eigenvalue weighted by atomic mass is 19.1. The first-order chi connectivity index (χ1) is 14.5. The number of aromatic nitrogens is 2. The lowest BCUT2D eigenvalue weighted by Gasteiger charge is -2.33. The quantitative estimate of drug-likeness (QED) is 0.670. The Balaban J connectivity index is 1.24. The molecule has 3 aromatic rings. The Morgan fingerprint density at radius 1 is 0.967 bits per heavy atom. The topological polar surface area (TPSA) is 74.5 Å². The Bertz CT molecular complexity index is 1000. The van der Waals surface area contributed by atoms with Gasteiger partial charge in [-0.25, -0.2) is 8.78 Å². The van der Waals surface area contributed by atoms with Crippen molar-refractivity contribution in [3.63, 3.8) is 0 Å². The van der Waals surface area contributed by atoms with Crippen LogP contribution in [-0.2, 0) is 11.3 Å². The summed E-state index contributed by atoms with van der Waals surface area (Å²) >= 11 is 0. The van der Waals surface area contributed by atoms with Crippen LogP contribution in [0.3, 0.4) is 0 Å². The number of carbonyl (C=O) groups is 1. The molecule has 4 rings (SSSR count). The fourth-order valence-corrected chi connectivity index (χ4v) is 3.29. The van der Waals surface area contributed by atoms with Gasteiger partial charge in [0.05, 0.1) is 13.1 Å². The lowest BCUT2D eigenvalue weighted by Crippen LogP contribution is -2.48. The molecule has 1 aliphatic heterocycles. The van der Waals surface area contributed by atoms with Crippen LogP contribution in [0.15, 0.2) is 52.9 Å². The number of hydrogen-bond acceptors (Lipinski definition) is 6. The van der Waals surface area contributed by atoms with Crippen LogP contribution in [0.1, 0.15) is 5.89 Å². The van der Waals surface area contributed by atoms with Crippen molar-refractivity contribution in [2.45, 2.75) is 6.54 Å². The van der Waals surface area contributed by atoms with Crippen molar-refractivity contribution in [3.05, 3.63) is 66.1 Å². The lowest BCUT2D eigenvalue weighted by molar-refractivity contribution is -0.117. The summed E-state index contributed by atoms with van der Waals surface area (Å²) in [6.45, 7) is 3.70. The van der Waals surface area contributed by atoms with E-state index < -0.39 is 0 Å². The van der Waals surface area contributed by atoms with E-state index in [1.54, 1.807) is 24.3 Å². The van der Waals surface area contributed by atoms with Crippen molar-refractivity contribution in [2.24, 2.45) is 0 Å². The summed E-state index contributed by atoms with van der Waals surface area (Å²) < 4.78 is 31.9. The SMILES string of the molecule is O=C(CN1CCN(Cc2nnc(-c3ccc(F)cc3)o2)CC1)Nc1cccc(F)c1. The molecule has 1 amide bonds. The molecule has 1 aromatic heterocycles. The molecule has 1 fully saturated rings. The number of anilines is 1. The highest BCUT2D eigenvalue weighted by molar-refractivity contribution is 5.92. The van der Waals surface area contributed by atoms with Gasteiger partial charge in [0.15, 0.2) is 0 Å². The molecule has 0 atom stereocenters. The Labute approximate surface area is 172 Å². The second-order valence-electron chi connectivity index (χ2n) is 7.12. The molecule has 1 N–H and O–H groups in total. The molecule has 1 aliphatic rings. The van der Waals surface area contributed by atoms with Crippen LogP contribution in [0, 0.1) is 11.6 Å². The minimum absolute atomic E-state index is 0.171. The van der Waals surface area contributed by atoms with Crippen LogP contribution in [0.2, 0.25) is 0 Å². The van der Waals surface area contributed by atoms with Crippen molar-refractivity contribution >= 4 is 11.6 Å². The van der Waals surface area contributed by atoms with Gasteiger partial charge in [-0.05, 0) is 42.5 Å². The smallest absolute Gasteiger partial charge is 0.247 e. The van der Waals surface area contributed by atoms with E-state index in [-0.39, 0.29) is 24.1 Å². The van der Waals surface area contributed by atoms with Crippen LogP contribution >= 0.6 is 0 Å². The maximum absolute atomic E-state index is 13.2. The Kier molecular flexibility index (Phi) is 6.10. The van der Waals surface area contributed by atoms with Crippen LogP contribution in [0.4, 0.5) is 14.5 Å². The van der Waals surface area contributed by atoms with Crippen LogP contribution in [0.25, 0.3) is 11.5 Å². The first-order valence-electron chi connectivity index (χ1n) is 9.63. The molecule has 156 valence electrons. The fraction of sp³-hybridized carbons (Fsp3) is 0.286. The van der Waals surface area contributed by atoms with E-state index in [9.17, 15) is 13.6 Å². The number of piperazine rings is 1. The summed E-state index contributed by atoms with van der Waals surface area (Å²) in [5.74, 6) is -0.0230. The Hall–Kier alpha value is -3.17. The molecule has 7 nitrogen and oxygen atoms in total. The number of halogens is 2. The molecule has 1 saturated heterocycles. The van der Waals surface area contributed by atoms with Crippen molar-refractivity contribution in [1.29, 1.82) is 0 Å². The van der Waals surface area contributed by atoms with E-state index in [0.29, 0.717) is 29.6 Å². The van der Waals surface area contributed by atoms with Gasteiger partial charge in [0.25, 0.3) is 0 Å². The van der Waals surface area contributed by atoms with Crippen molar-refractivity contribution in [3.8, 4) is 11.5 Å². The molecular formula is C21H21F2N5O2. The molecule has 0 spiro atoms. The van der Waals surface area contributed by atoms with E-state index in [4.69, 9.17) is 4.42 Å². The van der Waals surface area contributed by atoms with Gasteiger partial charge in [-0.1, -0.05) is 6.07 Å². The van der Waals surface area contributed by atoms with Crippen molar-refractivity contribution in [1.82, 2.24) is 20.0 Å². The van der Waals surface area contributed by atoms with E-state index in [0.717, 1.165) is 26.2 Å². The third kappa shape index (κ3) is 5.25. The van der Waals surface area contributed by atoms with Gasteiger partial charge in [-0.3, -0.25) is 14.6 Å². The largest absolute Gasteiger partial charge is 0.419 e. The maximum Gasteiger partial charge on any atom is 0.247 e. The normalized spacial score (nSPS) is 15.3. The van der Waals surface area contributed by atoms with Crippen molar-refractivity contribution in [2.75, 3.05) is 38.0 Å². The predicted molar refractivity (Wildman–Crippen MR) is 106 cm³/mol. The third-order valence-corrected chi connectivity index (χ3v) is 4.86. The average Bonchev–Trinajstić information content (AvgIpc) is 3.18. The first kappa shape index (κ1) is 20.1. The van der Waals surface area contributed by atoms with E-state index in [1.807, 2.05) is 4.90 Å². The second kappa shape index (κ2) is 9.10. The standard InChI is InChI=1S/C21H21F2N5O2/c22-16-6-4-15(5-7-16)21-26-25-20(30-21)14-28-10-8-27(9-11-28)13-19(29)24-18-3-1-2-17(23)12-18/h1-7,12H,8-11,13-14H2,(H,24,29). The fourth-order valence-electron chi connectivity index (χ4n) is 3.29. The summed E-state index contributed by atoms with van der Waals surface area (Å²) in [7, 11) is 0. The zero-order valence-corrected chi connectivity index (χ0v) is 16.2. The number of nitrogens with one attached hydrogen (secondary N) is 1. The van der Waals surface area contributed by atoms with Crippen molar-refractivity contribution < 1.29 is 18.0 Å². The molecule has 2 heterocycles. The molecule has 30 heavy (non-hydrogen) atoms. The molecular weight excluding hydrogens is 392 g/mol. The Morgan fingerprint density at radius 2 is 1.70 bits per heavy atom. The zero-order chi connectivity index (χ0) is 20.9. The van der Waals surface area contributed by atoms with Gasteiger partial charge in [0.1, 0.15) is 11.6 Å². The minimum atomic E-state index is -0.384. The summed E-state index contributed by atoms with van der Waals surface area (Å²) in [4.78, 5) is 16.4. The van der Waals surface area contributed by atoms with Crippen LogP contribution in [0.5, 0.6) is 0 Å². The monoisotopic (exact) mass is 413 g/mol. The molecule has 0 unspecified atom stereocenters. The molecule has 0 bridgehead atoms. The first-order valence-corrected chi connectivity index (χ1v) is 9.63. The van der Waals surface area contributed by atoms with Gasteiger partial charge in [0.2, 0.25) is 17.7 Å². The number of benzene rings is 2. The Morgan fingerprint density at radius 3 is 2.43 bits per heavy atom. The summed E-state index contributed by atoms with van der Waals surface area (Å²) in [5.41, 5.74) is 1.12. The summed E-state index contributed by atoms with van der Waals surface area (Å²) in [6.07, 6.45) is 0.